The largest absolute Gasteiger partial charge is 0.258 e. The van der Waals surface area contributed by atoms with Crippen LogP contribution in [0.4, 0.5) is 0 Å². The van der Waals surface area contributed by atoms with Crippen molar-refractivity contribution < 1.29 is 0 Å². The van der Waals surface area contributed by atoms with Gasteiger partial charge in [0.25, 0.3) is 5.78 Å². The molecule has 6 aromatic rings. The lowest BCUT2D eigenvalue weighted by molar-refractivity contribution is 1.10. The van der Waals surface area contributed by atoms with E-state index in [0.29, 0.717) is 5.78 Å². The van der Waals surface area contributed by atoms with Gasteiger partial charge in [-0.25, -0.2) is 4.98 Å². The Morgan fingerprint density at radius 1 is 0.667 bits per heavy atom. The predicted octanol–water partition coefficient (Wildman–Crippen LogP) is 6.53. The minimum atomic E-state index is 0.587. The molecule has 4 nitrogen and oxygen atoms in total. The van der Waals surface area contributed by atoms with Crippen LogP contribution >= 0.6 is 15.9 Å². The zero-order valence-corrected chi connectivity index (χ0v) is 17.4. The Hall–Kier alpha value is -3.57. The SMILES string of the molecule is Brc1ccccc1-c1nnc2nc(-c3ccccc3)c3ccc4ccccc4c3n12. The number of aromatic nitrogens is 4. The molecule has 0 spiro atoms. The van der Waals surface area contributed by atoms with Crippen LogP contribution in [0.2, 0.25) is 0 Å². The molecule has 6 rings (SSSR count). The van der Waals surface area contributed by atoms with Gasteiger partial charge in [-0.2, -0.15) is 0 Å². The topological polar surface area (TPSA) is 43.1 Å². The van der Waals surface area contributed by atoms with Crippen LogP contribution < -0.4 is 0 Å². The summed E-state index contributed by atoms with van der Waals surface area (Å²) in [6, 6.07) is 31.0. The van der Waals surface area contributed by atoms with E-state index in [2.05, 4.69) is 79.1 Å². The van der Waals surface area contributed by atoms with Crippen molar-refractivity contribution in [1.29, 1.82) is 0 Å². The molecule has 0 aliphatic heterocycles. The fourth-order valence-corrected chi connectivity index (χ4v) is 4.50. The van der Waals surface area contributed by atoms with Crippen LogP contribution in [-0.2, 0) is 0 Å². The average molecular weight is 451 g/mol. The molecule has 0 saturated carbocycles. The summed E-state index contributed by atoms with van der Waals surface area (Å²) in [5.41, 5.74) is 4.02. The van der Waals surface area contributed by atoms with Crippen LogP contribution in [0.1, 0.15) is 0 Å². The zero-order valence-electron chi connectivity index (χ0n) is 15.8. The van der Waals surface area contributed by atoms with E-state index in [4.69, 9.17) is 4.98 Å². The van der Waals surface area contributed by atoms with Crippen molar-refractivity contribution in [3.05, 3.63) is 95.5 Å². The van der Waals surface area contributed by atoms with Crippen molar-refractivity contribution >= 4 is 43.4 Å². The van der Waals surface area contributed by atoms with Crippen molar-refractivity contribution in [3.63, 3.8) is 0 Å². The molecule has 0 aliphatic rings. The lowest BCUT2D eigenvalue weighted by Gasteiger charge is -2.12. The van der Waals surface area contributed by atoms with Gasteiger partial charge in [-0.05, 0) is 11.5 Å². The Bertz CT molecular complexity index is 1550. The second-order valence-corrected chi connectivity index (χ2v) is 8.00. The molecule has 0 amide bonds. The highest BCUT2D eigenvalue weighted by Crippen LogP contribution is 2.35. The van der Waals surface area contributed by atoms with Gasteiger partial charge in [-0.1, -0.05) is 101 Å². The summed E-state index contributed by atoms with van der Waals surface area (Å²) in [5, 5.41) is 12.4. The number of hydrogen-bond donors (Lipinski definition) is 0. The maximum absolute atomic E-state index is 4.93. The summed E-state index contributed by atoms with van der Waals surface area (Å²) in [4.78, 5) is 4.93. The first-order valence-corrected chi connectivity index (χ1v) is 10.5. The Labute approximate surface area is 181 Å². The molecule has 2 aromatic heterocycles. The average Bonchev–Trinajstić information content (AvgIpc) is 3.23. The highest BCUT2D eigenvalue weighted by Gasteiger charge is 2.19. The summed E-state index contributed by atoms with van der Waals surface area (Å²) in [6.07, 6.45) is 0. The highest BCUT2D eigenvalue weighted by molar-refractivity contribution is 9.10. The van der Waals surface area contributed by atoms with Crippen LogP contribution in [0.3, 0.4) is 0 Å². The summed E-state index contributed by atoms with van der Waals surface area (Å²) in [5.74, 6) is 1.36. The van der Waals surface area contributed by atoms with E-state index in [1.54, 1.807) is 0 Å². The Balaban J connectivity index is 1.84. The standard InChI is InChI=1S/C25H15BrN4/c26-21-13-7-6-12-19(21)24-28-29-25-27-22(17-9-2-1-3-10-17)20-15-14-16-8-4-5-11-18(16)23(20)30(24)25/h1-15H. The van der Waals surface area contributed by atoms with Gasteiger partial charge >= 0.3 is 0 Å². The number of nitrogens with zero attached hydrogens (tertiary/aromatic N) is 4. The molecular weight excluding hydrogens is 436 g/mol. The number of halogens is 1. The van der Waals surface area contributed by atoms with E-state index in [9.17, 15) is 0 Å². The van der Waals surface area contributed by atoms with Gasteiger partial charge in [-0.3, -0.25) is 4.40 Å². The predicted molar refractivity (Wildman–Crippen MR) is 124 cm³/mol. The normalized spacial score (nSPS) is 11.5. The molecule has 5 heteroatoms. The van der Waals surface area contributed by atoms with Gasteiger partial charge in [0, 0.05) is 26.4 Å². The van der Waals surface area contributed by atoms with Crippen molar-refractivity contribution in [2.45, 2.75) is 0 Å². The minimum Gasteiger partial charge on any atom is -0.258 e. The summed E-state index contributed by atoms with van der Waals surface area (Å²) in [6.45, 7) is 0. The molecule has 0 bridgehead atoms. The molecule has 0 N–H and O–H groups in total. The second-order valence-electron chi connectivity index (χ2n) is 7.15. The highest BCUT2D eigenvalue weighted by atomic mass is 79.9. The Morgan fingerprint density at radius 3 is 2.30 bits per heavy atom. The summed E-state index contributed by atoms with van der Waals surface area (Å²) in [7, 11) is 0. The Kier molecular flexibility index (Phi) is 3.89. The lowest BCUT2D eigenvalue weighted by atomic mass is 10.0. The van der Waals surface area contributed by atoms with Gasteiger partial charge in [0.2, 0.25) is 0 Å². The zero-order chi connectivity index (χ0) is 20.1. The first kappa shape index (κ1) is 17.3. The minimum absolute atomic E-state index is 0.587. The summed E-state index contributed by atoms with van der Waals surface area (Å²) >= 11 is 3.67. The van der Waals surface area contributed by atoms with Crippen LogP contribution in [0.25, 0.3) is 50.1 Å². The van der Waals surface area contributed by atoms with Crippen LogP contribution in [-0.4, -0.2) is 19.6 Å². The van der Waals surface area contributed by atoms with Crippen molar-refractivity contribution in [3.8, 4) is 22.6 Å². The molecule has 0 saturated heterocycles. The van der Waals surface area contributed by atoms with Crippen LogP contribution in [0.5, 0.6) is 0 Å². The van der Waals surface area contributed by atoms with Gasteiger partial charge in [0.05, 0.1) is 11.2 Å². The molecule has 0 aliphatic carbocycles. The molecule has 2 heterocycles. The van der Waals surface area contributed by atoms with E-state index in [-0.39, 0.29) is 0 Å². The van der Waals surface area contributed by atoms with Crippen molar-refractivity contribution in [1.82, 2.24) is 19.6 Å². The third kappa shape index (κ3) is 2.56. The van der Waals surface area contributed by atoms with E-state index in [1.165, 1.54) is 5.39 Å². The maximum atomic E-state index is 4.93. The van der Waals surface area contributed by atoms with Crippen LogP contribution in [0, 0.1) is 0 Å². The molecule has 0 fully saturated rings. The van der Waals surface area contributed by atoms with Crippen molar-refractivity contribution in [2.24, 2.45) is 0 Å². The fourth-order valence-electron chi connectivity index (χ4n) is 4.03. The first-order valence-electron chi connectivity index (χ1n) is 9.68. The van der Waals surface area contributed by atoms with E-state index < -0.39 is 0 Å². The molecule has 0 atom stereocenters. The molecule has 0 radical (unpaired) electrons. The smallest absolute Gasteiger partial charge is 0.256 e. The van der Waals surface area contributed by atoms with Gasteiger partial charge in [0.1, 0.15) is 0 Å². The molecular formula is C25H15BrN4. The monoisotopic (exact) mass is 450 g/mol. The number of benzene rings is 4. The second kappa shape index (κ2) is 6.75. The third-order valence-corrected chi connectivity index (χ3v) is 6.09. The molecule has 0 unspecified atom stereocenters. The van der Waals surface area contributed by atoms with E-state index >= 15 is 0 Å². The third-order valence-electron chi connectivity index (χ3n) is 5.40. The quantitative estimate of drug-likeness (QED) is 0.281. The van der Waals surface area contributed by atoms with Crippen LogP contribution in [0.15, 0.2) is 95.5 Å². The van der Waals surface area contributed by atoms with E-state index in [0.717, 1.165) is 43.4 Å². The summed E-state index contributed by atoms with van der Waals surface area (Å²) < 4.78 is 3.05. The molecule has 142 valence electrons. The van der Waals surface area contributed by atoms with E-state index in [1.807, 2.05) is 42.5 Å². The van der Waals surface area contributed by atoms with Crippen molar-refractivity contribution in [2.75, 3.05) is 0 Å². The number of hydrogen-bond acceptors (Lipinski definition) is 3. The lowest BCUT2D eigenvalue weighted by Crippen LogP contribution is -1.99. The maximum Gasteiger partial charge on any atom is 0.256 e. The van der Waals surface area contributed by atoms with Gasteiger partial charge in [-0.15, -0.1) is 10.2 Å². The molecule has 30 heavy (non-hydrogen) atoms. The molecule has 4 aromatic carbocycles. The fraction of sp³-hybridized carbons (Fsp3) is 0. The van der Waals surface area contributed by atoms with Gasteiger partial charge in [0.15, 0.2) is 5.82 Å². The number of fused-ring (bicyclic) bond motifs is 5. The number of rotatable bonds is 2. The first-order chi connectivity index (χ1) is 14.8. The van der Waals surface area contributed by atoms with Gasteiger partial charge < -0.3 is 0 Å². The Morgan fingerprint density at radius 2 is 1.43 bits per heavy atom.